The first-order chi connectivity index (χ1) is 17.1. The van der Waals surface area contributed by atoms with E-state index in [2.05, 4.69) is 25.2 Å². The monoisotopic (exact) mass is 493 g/mol. The molecule has 180 valence electrons. The molecule has 1 aliphatic heterocycles. The fraction of sp³-hybridized carbons (Fsp3) is 0.292. The van der Waals surface area contributed by atoms with Gasteiger partial charge in [-0.3, -0.25) is 4.79 Å². The molecule has 0 saturated carbocycles. The topological polar surface area (TPSA) is 98.5 Å². The van der Waals surface area contributed by atoms with Crippen molar-refractivity contribution in [1.82, 2.24) is 29.9 Å². The van der Waals surface area contributed by atoms with Crippen LogP contribution in [-0.2, 0) is 4.79 Å². The van der Waals surface area contributed by atoms with Crippen LogP contribution in [0.1, 0.15) is 6.92 Å². The van der Waals surface area contributed by atoms with Crippen molar-refractivity contribution in [3.63, 3.8) is 0 Å². The minimum atomic E-state index is -0.0612. The summed E-state index contributed by atoms with van der Waals surface area (Å²) in [6, 6.07) is 14.6. The summed E-state index contributed by atoms with van der Waals surface area (Å²) >= 11 is 5.89. The lowest BCUT2D eigenvalue weighted by atomic mass is 10.3. The van der Waals surface area contributed by atoms with E-state index < -0.39 is 0 Å². The van der Waals surface area contributed by atoms with E-state index in [1.54, 1.807) is 33.8 Å². The van der Waals surface area contributed by atoms with Gasteiger partial charge in [-0.1, -0.05) is 16.8 Å². The molecular formula is C24H24ClN7O3. The molecule has 1 aliphatic rings. The van der Waals surface area contributed by atoms with Gasteiger partial charge in [0, 0.05) is 31.2 Å². The lowest BCUT2D eigenvalue weighted by Gasteiger charge is -2.35. The summed E-state index contributed by atoms with van der Waals surface area (Å²) in [5.41, 5.74) is 2.07. The minimum Gasteiger partial charge on any atom is -0.494 e. The number of aromatic nitrogens is 5. The normalized spacial score (nSPS) is 13.8. The first-order valence-electron chi connectivity index (χ1n) is 11.3. The van der Waals surface area contributed by atoms with E-state index in [0.29, 0.717) is 60.5 Å². The number of hydrogen-bond donors (Lipinski definition) is 0. The highest BCUT2D eigenvalue weighted by Gasteiger charge is 2.25. The SMILES string of the molecule is CCOc1ccc(-n2nnc3c(N4CCN(C(=O)COc5ccc(Cl)cc5)CC4)ncnc32)cc1. The van der Waals surface area contributed by atoms with Crippen LogP contribution in [-0.4, -0.2) is 75.2 Å². The standard InChI is InChI=1S/C24H24ClN7O3/c1-2-34-19-9-5-18(6-10-19)32-24-22(28-29-32)23(26-16-27-24)31-13-11-30(12-14-31)21(33)15-35-20-7-3-17(25)4-8-20/h3-10,16H,2,11-15H2,1H3. The van der Waals surface area contributed by atoms with Gasteiger partial charge in [0.2, 0.25) is 0 Å². The largest absolute Gasteiger partial charge is 0.494 e. The first kappa shape index (κ1) is 22.9. The molecule has 1 amide bonds. The number of piperazine rings is 1. The average Bonchev–Trinajstić information content (AvgIpc) is 3.33. The van der Waals surface area contributed by atoms with Crippen molar-refractivity contribution in [2.24, 2.45) is 0 Å². The van der Waals surface area contributed by atoms with Crippen LogP contribution in [0.5, 0.6) is 11.5 Å². The Morgan fingerprint density at radius 1 is 0.943 bits per heavy atom. The molecule has 1 fully saturated rings. The lowest BCUT2D eigenvalue weighted by molar-refractivity contribution is -0.133. The molecule has 10 nitrogen and oxygen atoms in total. The van der Waals surface area contributed by atoms with Crippen LogP contribution in [0.15, 0.2) is 54.9 Å². The van der Waals surface area contributed by atoms with Gasteiger partial charge < -0.3 is 19.3 Å². The third-order valence-corrected chi connectivity index (χ3v) is 5.97. The summed E-state index contributed by atoms with van der Waals surface area (Å²) in [6.07, 6.45) is 1.52. The van der Waals surface area contributed by atoms with Gasteiger partial charge >= 0.3 is 0 Å². The van der Waals surface area contributed by atoms with Crippen molar-refractivity contribution in [2.45, 2.75) is 6.92 Å². The zero-order valence-corrected chi connectivity index (χ0v) is 19.9. The number of carbonyl (C=O) groups excluding carboxylic acids is 1. The summed E-state index contributed by atoms with van der Waals surface area (Å²) in [5, 5.41) is 9.29. The number of halogens is 1. The second-order valence-electron chi connectivity index (χ2n) is 7.91. The van der Waals surface area contributed by atoms with Crippen LogP contribution >= 0.6 is 11.6 Å². The Morgan fingerprint density at radius 3 is 2.34 bits per heavy atom. The molecule has 0 atom stereocenters. The fourth-order valence-electron chi connectivity index (χ4n) is 3.93. The summed E-state index contributed by atoms with van der Waals surface area (Å²) in [7, 11) is 0. The summed E-state index contributed by atoms with van der Waals surface area (Å²) in [6.45, 7) is 4.89. The summed E-state index contributed by atoms with van der Waals surface area (Å²) < 4.78 is 12.8. The van der Waals surface area contributed by atoms with Crippen molar-refractivity contribution in [3.05, 3.63) is 59.9 Å². The zero-order valence-electron chi connectivity index (χ0n) is 19.2. The first-order valence-corrected chi connectivity index (χ1v) is 11.7. The van der Waals surface area contributed by atoms with Gasteiger partial charge in [0.25, 0.3) is 5.91 Å². The van der Waals surface area contributed by atoms with Crippen molar-refractivity contribution >= 4 is 34.5 Å². The maximum Gasteiger partial charge on any atom is 0.260 e. The Morgan fingerprint density at radius 2 is 1.63 bits per heavy atom. The van der Waals surface area contributed by atoms with Crippen LogP contribution in [0.3, 0.4) is 0 Å². The molecule has 0 spiro atoms. The number of anilines is 1. The number of fused-ring (bicyclic) bond motifs is 1. The molecule has 35 heavy (non-hydrogen) atoms. The minimum absolute atomic E-state index is 0.0181. The number of nitrogens with zero attached hydrogens (tertiary/aromatic N) is 7. The maximum atomic E-state index is 12.6. The second kappa shape index (κ2) is 10.1. The number of rotatable bonds is 7. The Bertz CT molecular complexity index is 1300. The second-order valence-corrected chi connectivity index (χ2v) is 8.34. The zero-order chi connectivity index (χ0) is 24.2. The molecule has 0 N–H and O–H groups in total. The molecule has 0 bridgehead atoms. The van der Waals surface area contributed by atoms with Gasteiger partial charge in [-0.15, -0.1) is 5.10 Å². The lowest BCUT2D eigenvalue weighted by Crippen LogP contribution is -2.50. The molecular weight excluding hydrogens is 470 g/mol. The molecule has 0 radical (unpaired) electrons. The number of benzene rings is 2. The van der Waals surface area contributed by atoms with Gasteiger partial charge in [0.1, 0.15) is 17.8 Å². The average molecular weight is 494 g/mol. The van der Waals surface area contributed by atoms with Crippen LogP contribution < -0.4 is 14.4 Å². The molecule has 0 unspecified atom stereocenters. The van der Waals surface area contributed by atoms with Crippen LogP contribution in [0.2, 0.25) is 5.02 Å². The highest BCUT2D eigenvalue weighted by molar-refractivity contribution is 6.30. The predicted octanol–water partition coefficient (Wildman–Crippen LogP) is 2.99. The van der Waals surface area contributed by atoms with Gasteiger partial charge in [0.05, 0.1) is 12.3 Å². The molecule has 5 rings (SSSR count). The number of hydrogen-bond acceptors (Lipinski definition) is 8. The molecule has 2 aromatic heterocycles. The molecule has 0 aliphatic carbocycles. The quantitative estimate of drug-likeness (QED) is 0.387. The fourth-order valence-corrected chi connectivity index (χ4v) is 4.05. The molecule has 11 heteroatoms. The van der Waals surface area contributed by atoms with Gasteiger partial charge in [-0.2, -0.15) is 4.68 Å². The van der Waals surface area contributed by atoms with Gasteiger partial charge in [-0.05, 0) is 55.5 Å². The van der Waals surface area contributed by atoms with E-state index in [9.17, 15) is 4.79 Å². The predicted molar refractivity (Wildman–Crippen MR) is 131 cm³/mol. The molecule has 4 aromatic rings. The third-order valence-electron chi connectivity index (χ3n) is 5.72. The van der Waals surface area contributed by atoms with Crippen LogP contribution in [0, 0.1) is 0 Å². The smallest absolute Gasteiger partial charge is 0.260 e. The Balaban J connectivity index is 1.24. The molecule has 1 saturated heterocycles. The van der Waals surface area contributed by atoms with Crippen molar-refractivity contribution in [2.75, 3.05) is 44.3 Å². The van der Waals surface area contributed by atoms with E-state index >= 15 is 0 Å². The van der Waals surface area contributed by atoms with Crippen molar-refractivity contribution in [3.8, 4) is 17.2 Å². The van der Waals surface area contributed by atoms with Crippen molar-refractivity contribution in [1.29, 1.82) is 0 Å². The highest BCUT2D eigenvalue weighted by Crippen LogP contribution is 2.24. The number of ether oxygens (including phenoxy) is 2. The Hall–Kier alpha value is -3.92. The maximum absolute atomic E-state index is 12.6. The Kier molecular flexibility index (Phi) is 6.62. The van der Waals surface area contributed by atoms with Crippen LogP contribution in [0.4, 0.5) is 5.82 Å². The Labute approximate surface area is 207 Å². The molecule has 3 heterocycles. The van der Waals surface area contributed by atoms with E-state index in [4.69, 9.17) is 21.1 Å². The van der Waals surface area contributed by atoms with E-state index in [1.807, 2.05) is 31.2 Å². The number of carbonyl (C=O) groups is 1. The summed E-state index contributed by atoms with van der Waals surface area (Å²) in [5.74, 6) is 2.05. The van der Waals surface area contributed by atoms with Crippen molar-refractivity contribution < 1.29 is 14.3 Å². The van der Waals surface area contributed by atoms with Crippen LogP contribution in [0.25, 0.3) is 16.9 Å². The van der Waals surface area contributed by atoms with Gasteiger partial charge in [-0.25, -0.2) is 9.97 Å². The van der Waals surface area contributed by atoms with E-state index in [0.717, 1.165) is 11.4 Å². The highest BCUT2D eigenvalue weighted by atomic mass is 35.5. The van der Waals surface area contributed by atoms with Gasteiger partial charge in [0.15, 0.2) is 23.6 Å². The number of amides is 1. The molecule has 2 aromatic carbocycles. The van der Waals surface area contributed by atoms with E-state index in [-0.39, 0.29) is 12.5 Å². The van der Waals surface area contributed by atoms with E-state index in [1.165, 1.54) is 6.33 Å². The summed E-state index contributed by atoms with van der Waals surface area (Å²) in [4.78, 5) is 25.4. The third kappa shape index (κ3) is 4.97.